The SMILES string of the molecule is Cc1cc(C)c(Oc2nc(C(C)(C)C)ccc2C(=O)NS(=N)c2cccc(N)c2)c(C)c1. The Balaban J connectivity index is 2.00. The Morgan fingerprint density at radius 3 is 2.31 bits per heavy atom. The van der Waals surface area contributed by atoms with Crippen molar-refractivity contribution < 1.29 is 9.53 Å². The van der Waals surface area contributed by atoms with Crippen molar-refractivity contribution in [2.75, 3.05) is 5.73 Å². The second kappa shape index (κ2) is 9.12. The first-order chi connectivity index (χ1) is 15.0. The van der Waals surface area contributed by atoms with Crippen molar-refractivity contribution in [3.8, 4) is 11.6 Å². The molecule has 0 aliphatic carbocycles. The van der Waals surface area contributed by atoms with Crippen molar-refractivity contribution in [1.29, 1.82) is 4.78 Å². The van der Waals surface area contributed by atoms with Crippen LogP contribution in [0.3, 0.4) is 0 Å². The van der Waals surface area contributed by atoms with E-state index in [1.165, 1.54) is 0 Å². The van der Waals surface area contributed by atoms with Gasteiger partial charge in [0.1, 0.15) is 11.3 Å². The molecule has 7 heteroatoms. The van der Waals surface area contributed by atoms with Gasteiger partial charge in [-0.15, -0.1) is 0 Å². The monoisotopic (exact) mass is 450 g/mol. The van der Waals surface area contributed by atoms with E-state index in [-0.39, 0.29) is 16.9 Å². The van der Waals surface area contributed by atoms with Gasteiger partial charge in [0.2, 0.25) is 5.88 Å². The first-order valence-electron chi connectivity index (χ1n) is 10.3. The van der Waals surface area contributed by atoms with Gasteiger partial charge in [-0.25, -0.2) is 4.98 Å². The molecule has 4 N–H and O–H groups in total. The van der Waals surface area contributed by atoms with E-state index in [1.807, 2.05) is 39.0 Å². The number of aryl methyl sites for hydroxylation is 3. The standard InChI is InChI=1S/C25H30N4O2S/c1-15-12-16(2)22(17(3)13-15)31-24-20(10-11-21(28-24)25(4,5)6)23(30)29-32(27)19-9-7-8-18(26)14-19/h7-14H,26H2,1-6H3,(H2,27,29,30). The minimum atomic E-state index is -1.28. The average Bonchev–Trinajstić information content (AvgIpc) is 2.69. The number of aromatic nitrogens is 1. The summed E-state index contributed by atoms with van der Waals surface area (Å²) in [6, 6.07) is 14.6. The number of nitrogens with one attached hydrogen (secondary N) is 2. The Kier molecular flexibility index (Phi) is 6.69. The number of nitrogen functional groups attached to an aromatic ring is 1. The number of ether oxygens (including phenoxy) is 1. The number of rotatable bonds is 5. The third-order valence-corrected chi connectivity index (χ3v) is 6.08. The van der Waals surface area contributed by atoms with Crippen LogP contribution < -0.4 is 15.2 Å². The Hall–Kier alpha value is -3.19. The van der Waals surface area contributed by atoms with Crippen LogP contribution in [0.15, 0.2) is 53.4 Å². The molecule has 0 fully saturated rings. The van der Waals surface area contributed by atoms with Crippen molar-refractivity contribution >= 4 is 22.5 Å². The second-order valence-corrected chi connectivity index (χ2v) is 10.2. The van der Waals surface area contributed by atoms with Crippen LogP contribution in [-0.2, 0) is 16.3 Å². The molecule has 2 aromatic carbocycles. The number of benzene rings is 2. The molecule has 6 nitrogen and oxygen atoms in total. The molecule has 0 saturated heterocycles. The van der Waals surface area contributed by atoms with Crippen LogP contribution in [0.1, 0.15) is 53.5 Å². The summed E-state index contributed by atoms with van der Waals surface area (Å²) in [6.07, 6.45) is 0. The number of pyridine rings is 1. The zero-order chi connectivity index (χ0) is 23.6. The van der Waals surface area contributed by atoms with Gasteiger partial charge in [-0.05, 0) is 62.2 Å². The van der Waals surface area contributed by atoms with E-state index in [0.29, 0.717) is 16.3 Å². The van der Waals surface area contributed by atoms with E-state index in [0.717, 1.165) is 22.4 Å². The molecule has 0 aliphatic heterocycles. The second-order valence-electron chi connectivity index (χ2n) is 8.94. The number of nitrogens with zero attached hydrogens (tertiary/aromatic N) is 1. The van der Waals surface area contributed by atoms with Gasteiger partial charge in [0, 0.05) is 32.6 Å². The Morgan fingerprint density at radius 2 is 1.72 bits per heavy atom. The molecule has 0 bridgehead atoms. The number of nitrogens with two attached hydrogens (primary N) is 1. The lowest BCUT2D eigenvalue weighted by atomic mass is 9.91. The maximum Gasteiger partial charge on any atom is 0.267 e. The summed E-state index contributed by atoms with van der Waals surface area (Å²) in [5.41, 5.74) is 10.3. The molecule has 0 saturated carbocycles. The summed E-state index contributed by atoms with van der Waals surface area (Å²) >= 11 is 0. The number of carbonyl (C=O) groups excluding carboxylic acids is 1. The minimum Gasteiger partial charge on any atom is -0.438 e. The number of hydrogen-bond acceptors (Lipinski definition) is 5. The molecule has 1 aromatic heterocycles. The van der Waals surface area contributed by atoms with Gasteiger partial charge in [0.15, 0.2) is 0 Å². The molecule has 1 atom stereocenters. The highest BCUT2D eigenvalue weighted by Crippen LogP contribution is 2.32. The molecule has 3 aromatic rings. The third-order valence-electron chi connectivity index (χ3n) is 4.97. The van der Waals surface area contributed by atoms with Crippen LogP contribution in [0, 0.1) is 25.6 Å². The molecule has 1 unspecified atom stereocenters. The van der Waals surface area contributed by atoms with Gasteiger partial charge < -0.3 is 10.5 Å². The molecule has 0 radical (unpaired) electrons. The summed E-state index contributed by atoms with van der Waals surface area (Å²) < 4.78 is 17.4. The topological polar surface area (TPSA) is 101 Å². The van der Waals surface area contributed by atoms with Gasteiger partial charge in [-0.1, -0.05) is 44.5 Å². The Morgan fingerprint density at radius 1 is 1.06 bits per heavy atom. The predicted octanol–water partition coefficient (Wildman–Crippen LogP) is 5.76. The van der Waals surface area contributed by atoms with Crippen LogP contribution in [0.4, 0.5) is 5.69 Å². The Labute approximate surface area is 192 Å². The minimum absolute atomic E-state index is 0.217. The molecule has 1 heterocycles. The van der Waals surface area contributed by atoms with E-state index in [4.69, 9.17) is 20.2 Å². The lowest BCUT2D eigenvalue weighted by molar-refractivity contribution is 0.0980. The highest BCUT2D eigenvalue weighted by molar-refractivity contribution is 7.84. The maximum absolute atomic E-state index is 13.1. The highest BCUT2D eigenvalue weighted by Gasteiger charge is 2.23. The van der Waals surface area contributed by atoms with Gasteiger partial charge in [0.05, 0.1) is 0 Å². The third kappa shape index (κ3) is 5.34. The lowest BCUT2D eigenvalue weighted by Crippen LogP contribution is -2.26. The summed E-state index contributed by atoms with van der Waals surface area (Å²) in [6.45, 7) is 12.2. The van der Waals surface area contributed by atoms with Crippen molar-refractivity contribution in [3.05, 3.63) is 76.5 Å². The Bertz CT molecular complexity index is 1180. The van der Waals surface area contributed by atoms with Crippen LogP contribution >= 0.6 is 0 Å². The van der Waals surface area contributed by atoms with Crippen molar-refractivity contribution in [2.24, 2.45) is 0 Å². The van der Waals surface area contributed by atoms with Gasteiger partial charge in [-0.2, -0.15) is 0 Å². The smallest absolute Gasteiger partial charge is 0.267 e. The first kappa shape index (κ1) is 23.5. The van der Waals surface area contributed by atoms with Crippen molar-refractivity contribution in [3.63, 3.8) is 0 Å². The lowest BCUT2D eigenvalue weighted by Gasteiger charge is -2.21. The van der Waals surface area contributed by atoms with Gasteiger partial charge in [-0.3, -0.25) is 14.3 Å². The fourth-order valence-corrected chi connectivity index (χ4v) is 4.26. The fraction of sp³-hybridized carbons (Fsp3) is 0.280. The summed E-state index contributed by atoms with van der Waals surface area (Å²) in [4.78, 5) is 18.5. The van der Waals surface area contributed by atoms with Crippen LogP contribution in [0.2, 0.25) is 0 Å². The maximum atomic E-state index is 13.1. The predicted molar refractivity (Wildman–Crippen MR) is 130 cm³/mol. The van der Waals surface area contributed by atoms with Crippen LogP contribution in [-0.4, -0.2) is 10.9 Å². The zero-order valence-corrected chi connectivity index (χ0v) is 20.2. The van der Waals surface area contributed by atoms with E-state index < -0.39 is 16.8 Å². The molecular formula is C25H30N4O2S. The normalized spacial score (nSPS) is 12.3. The summed E-state index contributed by atoms with van der Waals surface area (Å²) in [7, 11) is -1.28. The molecule has 1 amide bonds. The molecule has 32 heavy (non-hydrogen) atoms. The fourth-order valence-electron chi connectivity index (χ4n) is 3.38. The van der Waals surface area contributed by atoms with Crippen molar-refractivity contribution in [2.45, 2.75) is 51.9 Å². The molecular weight excluding hydrogens is 420 g/mol. The molecule has 3 rings (SSSR count). The molecule has 0 spiro atoms. The average molecular weight is 451 g/mol. The van der Waals surface area contributed by atoms with E-state index in [9.17, 15) is 4.79 Å². The number of hydrogen-bond donors (Lipinski definition) is 3. The number of carbonyl (C=O) groups is 1. The summed E-state index contributed by atoms with van der Waals surface area (Å²) in [5, 5.41) is 0. The quantitative estimate of drug-likeness (QED) is 0.430. The highest BCUT2D eigenvalue weighted by atomic mass is 32.2. The van der Waals surface area contributed by atoms with Gasteiger partial charge >= 0.3 is 0 Å². The summed E-state index contributed by atoms with van der Waals surface area (Å²) in [5.74, 6) is 0.495. The van der Waals surface area contributed by atoms with E-state index in [1.54, 1.807) is 30.3 Å². The molecule has 168 valence electrons. The first-order valence-corrected chi connectivity index (χ1v) is 11.6. The number of amides is 1. The van der Waals surface area contributed by atoms with E-state index in [2.05, 4.69) is 25.5 Å². The largest absolute Gasteiger partial charge is 0.438 e. The van der Waals surface area contributed by atoms with Gasteiger partial charge in [0.25, 0.3) is 5.91 Å². The number of anilines is 1. The zero-order valence-electron chi connectivity index (χ0n) is 19.4. The molecule has 0 aliphatic rings. The van der Waals surface area contributed by atoms with Crippen LogP contribution in [0.25, 0.3) is 0 Å². The van der Waals surface area contributed by atoms with Crippen molar-refractivity contribution in [1.82, 2.24) is 9.71 Å². The van der Waals surface area contributed by atoms with E-state index >= 15 is 0 Å². The van der Waals surface area contributed by atoms with Crippen LogP contribution in [0.5, 0.6) is 11.6 Å².